The van der Waals surface area contributed by atoms with Crippen molar-refractivity contribution in [3.63, 3.8) is 0 Å². The quantitative estimate of drug-likeness (QED) is 0.548. The first-order valence-electron chi connectivity index (χ1n) is 2.91. The van der Waals surface area contributed by atoms with Gasteiger partial charge in [0, 0.05) is 6.04 Å². The van der Waals surface area contributed by atoms with Gasteiger partial charge in [0.25, 0.3) is 0 Å². The minimum Gasteiger partial charge on any atom is -0.327 e. The Balaban J connectivity index is 3.23. The summed E-state index contributed by atoms with van der Waals surface area (Å²) in [5, 5.41) is 0. The zero-order chi connectivity index (χ0) is 6.41. The van der Waals surface area contributed by atoms with Crippen LogP contribution in [0.1, 0.15) is 19.8 Å². The lowest BCUT2D eigenvalue weighted by atomic mass is 10.2. The number of hydrogen-bond acceptors (Lipinski definition) is 1. The van der Waals surface area contributed by atoms with E-state index in [2.05, 4.69) is 19.2 Å². The summed E-state index contributed by atoms with van der Waals surface area (Å²) >= 11 is 0. The van der Waals surface area contributed by atoms with Gasteiger partial charge in [-0.2, -0.15) is 0 Å². The van der Waals surface area contributed by atoms with Crippen molar-refractivity contribution in [2.75, 3.05) is 0 Å². The SMILES string of the molecule is C=C=CCC(N)CC. The van der Waals surface area contributed by atoms with Crippen LogP contribution in [0.5, 0.6) is 0 Å². The van der Waals surface area contributed by atoms with E-state index in [4.69, 9.17) is 5.73 Å². The molecule has 0 aromatic rings. The van der Waals surface area contributed by atoms with Gasteiger partial charge in [0.05, 0.1) is 0 Å². The normalized spacial score (nSPS) is 12.2. The Morgan fingerprint density at radius 1 is 1.88 bits per heavy atom. The summed E-state index contributed by atoms with van der Waals surface area (Å²) in [6, 6.07) is 0.296. The molecule has 0 fully saturated rings. The minimum absolute atomic E-state index is 0.296. The lowest BCUT2D eigenvalue weighted by Gasteiger charge is -2.00. The van der Waals surface area contributed by atoms with Crippen LogP contribution < -0.4 is 5.73 Å². The zero-order valence-electron chi connectivity index (χ0n) is 5.35. The molecule has 0 bridgehead atoms. The highest BCUT2D eigenvalue weighted by atomic mass is 14.6. The second-order valence-corrected chi connectivity index (χ2v) is 1.81. The summed E-state index contributed by atoms with van der Waals surface area (Å²) in [7, 11) is 0. The van der Waals surface area contributed by atoms with Gasteiger partial charge in [-0.25, -0.2) is 0 Å². The van der Waals surface area contributed by atoms with Crippen molar-refractivity contribution in [3.8, 4) is 0 Å². The van der Waals surface area contributed by atoms with Gasteiger partial charge in [0.2, 0.25) is 0 Å². The first-order valence-corrected chi connectivity index (χ1v) is 2.91. The molecule has 0 amide bonds. The maximum atomic E-state index is 5.56. The molecule has 0 saturated heterocycles. The Morgan fingerprint density at radius 2 is 2.50 bits per heavy atom. The third-order valence-corrected chi connectivity index (χ3v) is 1.09. The molecule has 2 N–H and O–H groups in total. The third-order valence-electron chi connectivity index (χ3n) is 1.09. The van der Waals surface area contributed by atoms with E-state index in [9.17, 15) is 0 Å². The summed E-state index contributed by atoms with van der Waals surface area (Å²) in [4.78, 5) is 0. The molecule has 0 rings (SSSR count). The van der Waals surface area contributed by atoms with E-state index in [0.29, 0.717) is 6.04 Å². The Kier molecular flexibility index (Phi) is 4.33. The van der Waals surface area contributed by atoms with E-state index in [1.807, 2.05) is 6.08 Å². The summed E-state index contributed by atoms with van der Waals surface area (Å²) in [5.41, 5.74) is 8.24. The number of rotatable bonds is 3. The molecule has 0 aromatic heterocycles. The summed E-state index contributed by atoms with van der Waals surface area (Å²) in [6.07, 6.45) is 3.80. The predicted molar refractivity (Wildman–Crippen MR) is 36.6 cm³/mol. The van der Waals surface area contributed by atoms with Crippen molar-refractivity contribution in [2.45, 2.75) is 25.8 Å². The van der Waals surface area contributed by atoms with Gasteiger partial charge in [0.15, 0.2) is 0 Å². The second kappa shape index (κ2) is 4.63. The Morgan fingerprint density at radius 3 is 2.88 bits per heavy atom. The molecular weight excluding hydrogens is 98.1 g/mol. The topological polar surface area (TPSA) is 26.0 Å². The summed E-state index contributed by atoms with van der Waals surface area (Å²) in [5.74, 6) is 0. The molecule has 1 atom stereocenters. The van der Waals surface area contributed by atoms with Gasteiger partial charge in [0.1, 0.15) is 0 Å². The standard InChI is InChI=1S/C7H13N/c1-3-5-6-7(8)4-2/h5,7H,1,4,6,8H2,2H3. The van der Waals surface area contributed by atoms with Crippen LogP contribution in [0.15, 0.2) is 18.4 Å². The number of hydrogen-bond donors (Lipinski definition) is 1. The monoisotopic (exact) mass is 111 g/mol. The third kappa shape index (κ3) is 3.66. The van der Waals surface area contributed by atoms with Crippen LogP contribution in [0.25, 0.3) is 0 Å². The smallest absolute Gasteiger partial charge is 0.00768 e. The molecule has 0 saturated carbocycles. The first kappa shape index (κ1) is 7.48. The zero-order valence-corrected chi connectivity index (χ0v) is 5.35. The van der Waals surface area contributed by atoms with E-state index >= 15 is 0 Å². The number of nitrogens with two attached hydrogens (primary N) is 1. The highest BCUT2D eigenvalue weighted by molar-refractivity contribution is 4.79. The average Bonchev–Trinajstić information content (AvgIpc) is 1.83. The molecule has 1 unspecified atom stereocenters. The Hall–Kier alpha value is -0.520. The Labute approximate surface area is 50.9 Å². The molecule has 8 heavy (non-hydrogen) atoms. The molecule has 0 aromatic carbocycles. The van der Waals surface area contributed by atoms with E-state index in [1.165, 1.54) is 0 Å². The van der Waals surface area contributed by atoms with Crippen LogP contribution in [-0.4, -0.2) is 6.04 Å². The van der Waals surface area contributed by atoms with Crippen LogP contribution in [0.4, 0.5) is 0 Å². The molecule has 0 aliphatic carbocycles. The molecule has 0 radical (unpaired) electrons. The molecule has 0 aliphatic rings. The molecule has 0 aliphatic heterocycles. The van der Waals surface area contributed by atoms with Crippen LogP contribution >= 0.6 is 0 Å². The van der Waals surface area contributed by atoms with Crippen molar-refractivity contribution in [1.29, 1.82) is 0 Å². The largest absolute Gasteiger partial charge is 0.327 e. The van der Waals surface area contributed by atoms with Crippen molar-refractivity contribution < 1.29 is 0 Å². The van der Waals surface area contributed by atoms with E-state index in [0.717, 1.165) is 12.8 Å². The summed E-state index contributed by atoms with van der Waals surface area (Å²) in [6.45, 7) is 5.50. The fourth-order valence-corrected chi connectivity index (χ4v) is 0.401. The molecule has 46 valence electrons. The van der Waals surface area contributed by atoms with Crippen molar-refractivity contribution in [3.05, 3.63) is 18.4 Å². The fraction of sp³-hybridized carbons (Fsp3) is 0.571. The molecule has 1 nitrogen and oxygen atoms in total. The van der Waals surface area contributed by atoms with Crippen molar-refractivity contribution in [1.82, 2.24) is 0 Å². The van der Waals surface area contributed by atoms with Gasteiger partial charge in [-0.3, -0.25) is 0 Å². The molecule has 0 heterocycles. The first-order chi connectivity index (χ1) is 3.81. The summed E-state index contributed by atoms with van der Waals surface area (Å²) < 4.78 is 0. The van der Waals surface area contributed by atoms with Crippen molar-refractivity contribution >= 4 is 0 Å². The van der Waals surface area contributed by atoms with Gasteiger partial charge >= 0.3 is 0 Å². The lowest BCUT2D eigenvalue weighted by Crippen LogP contribution is -2.16. The van der Waals surface area contributed by atoms with Crippen LogP contribution in [0.2, 0.25) is 0 Å². The average molecular weight is 111 g/mol. The van der Waals surface area contributed by atoms with Crippen LogP contribution in [-0.2, 0) is 0 Å². The Bertz CT molecular complexity index is 90.6. The predicted octanol–water partition coefficient (Wildman–Crippen LogP) is 1.45. The van der Waals surface area contributed by atoms with E-state index in [1.54, 1.807) is 0 Å². The highest BCUT2D eigenvalue weighted by Gasteiger charge is 1.91. The lowest BCUT2D eigenvalue weighted by molar-refractivity contribution is 0.660. The fourth-order valence-electron chi connectivity index (χ4n) is 0.401. The second-order valence-electron chi connectivity index (χ2n) is 1.81. The van der Waals surface area contributed by atoms with Gasteiger partial charge in [-0.1, -0.05) is 13.5 Å². The maximum absolute atomic E-state index is 5.56. The molecule has 0 spiro atoms. The molecular formula is C7H13N. The van der Waals surface area contributed by atoms with Crippen LogP contribution in [0.3, 0.4) is 0 Å². The van der Waals surface area contributed by atoms with Gasteiger partial charge in [-0.05, 0) is 18.9 Å². The van der Waals surface area contributed by atoms with Crippen LogP contribution in [0, 0.1) is 0 Å². The van der Waals surface area contributed by atoms with Gasteiger partial charge < -0.3 is 5.73 Å². The highest BCUT2D eigenvalue weighted by Crippen LogP contribution is 1.91. The van der Waals surface area contributed by atoms with E-state index < -0.39 is 0 Å². The minimum atomic E-state index is 0.296. The van der Waals surface area contributed by atoms with Gasteiger partial charge in [-0.15, -0.1) is 5.73 Å². The van der Waals surface area contributed by atoms with Crippen molar-refractivity contribution in [2.24, 2.45) is 5.73 Å². The molecule has 1 heteroatoms. The van der Waals surface area contributed by atoms with E-state index in [-0.39, 0.29) is 0 Å². The maximum Gasteiger partial charge on any atom is 0.00768 e.